The molecule has 0 saturated carbocycles. The van der Waals surface area contributed by atoms with Crippen molar-refractivity contribution in [2.24, 2.45) is 0 Å². The first-order chi connectivity index (χ1) is 11.3. The number of fused-ring (bicyclic) bond motifs is 2. The van der Waals surface area contributed by atoms with E-state index in [1.807, 2.05) is 24.3 Å². The van der Waals surface area contributed by atoms with Gasteiger partial charge in [0.1, 0.15) is 0 Å². The summed E-state index contributed by atoms with van der Waals surface area (Å²) >= 11 is 0. The maximum atomic E-state index is 9.34. The third-order valence-electron chi connectivity index (χ3n) is 4.16. The van der Waals surface area contributed by atoms with Gasteiger partial charge in [-0.3, -0.25) is 10.4 Å². The fourth-order valence-electron chi connectivity index (χ4n) is 3.04. The predicted octanol–water partition coefficient (Wildman–Crippen LogP) is 4.25. The molecule has 114 valence electrons. The Labute approximate surface area is 135 Å². The lowest BCUT2D eigenvalue weighted by molar-refractivity contribution is 0.282. The second kappa shape index (κ2) is 5.78. The average molecular weight is 302 g/mol. The van der Waals surface area contributed by atoms with Crippen LogP contribution in [0.2, 0.25) is 0 Å². The Morgan fingerprint density at radius 1 is 1.09 bits per heavy atom. The Hall–Kier alpha value is -2.78. The van der Waals surface area contributed by atoms with Crippen LogP contribution in [0.3, 0.4) is 0 Å². The number of rotatable bonds is 3. The molecule has 0 saturated heterocycles. The van der Waals surface area contributed by atoms with Crippen LogP contribution in [0.5, 0.6) is 0 Å². The maximum Gasteiger partial charge on any atom is 0.0703 e. The lowest BCUT2D eigenvalue weighted by Gasteiger charge is -2.35. The number of hydrogen-bond donors (Lipinski definition) is 2. The molecule has 0 unspecified atom stereocenters. The van der Waals surface area contributed by atoms with Crippen LogP contribution in [-0.4, -0.2) is 5.11 Å². The van der Waals surface area contributed by atoms with Gasteiger partial charge in [0.25, 0.3) is 0 Å². The highest BCUT2D eigenvalue weighted by molar-refractivity contribution is 5.82. The quantitative estimate of drug-likeness (QED) is 0.889. The molecule has 23 heavy (non-hydrogen) atoms. The molecule has 1 aliphatic heterocycles. The van der Waals surface area contributed by atoms with Crippen LogP contribution >= 0.6 is 0 Å². The largest absolute Gasteiger partial charge is 0.392 e. The first kappa shape index (κ1) is 13.9. The summed E-state index contributed by atoms with van der Waals surface area (Å²) in [5, 5.41) is 11.5. The molecule has 1 heterocycles. The minimum atomic E-state index is 0.0443. The van der Waals surface area contributed by atoms with Gasteiger partial charge in [-0.15, -0.1) is 0 Å². The van der Waals surface area contributed by atoms with E-state index in [-0.39, 0.29) is 6.61 Å². The van der Waals surface area contributed by atoms with Crippen LogP contribution in [0, 0.1) is 0 Å². The standard InChI is InChI=1S/C20H18N2O/c23-14-15-6-5-9-18(12-15)21-22-19-10-3-1-7-16(19)13-17-8-2-4-11-20(17)22/h1-7,9-13,21,23H,8,14H2. The molecule has 0 bridgehead atoms. The van der Waals surface area contributed by atoms with Gasteiger partial charge in [0.15, 0.2) is 0 Å². The molecule has 1 aliphatic carbocycles. The summed E-state index contributed by atoms with van der Waals surface area (Å²) in [5.74, 6) is 0. The van der Waals surface area contributed by atoms with Crippen molar-refractivity contribution >= 4 is 17.5 Å². The van der Waals surface area contributed by atoms with Crippen LogP contribution in [0.1, 0.15) is 17.5 Å². The Bertz CT molecular complexity index is 833. The summed E-state index contributed by atoms with van der Waals surface area (Å²) in [6.07, 6.45) is 9.60. The molecule has 0 atom stereocenters. The first-order valence-corrected chi connectivity index (χ1v) is 7.78. The summed E-state index contributed by atoms with van der Waals surface area (Å²) in [4.78, 5) is 0. The molecule has 2 aliphatic rings. The van der Waals surface area contributed by atoms with E-state index in [2.05, 4.69) is 59.0 Å². The molecular formula is C20H18N2O. The van der Waals surface area contributed by atoms with Crippen molar-refractivity contribution in [1.29, 1.82) is 0 Å². The molecule has 0 radical (unpaired) electrons. The van der Waals surface area contributed by atoms with E-state index in [4.69, 9.17) is 0 Å². The normalized spacial score (nSPS) is 15.4. The predicted molar refractivity (Wildman–Crippen MR) is 94.7 cm³/mol. The topological polar surface area (TPSA) is 35.5 Å². The Morgan fingerprint density at radius 2 is 2.00 bits per heavy atom. The number of nitrogens with one attached hydrogen (secondary N) is 1. The third-order valence-corrected chi connectivity index (χ3v) is 4.16. The molecule has 0 fully saturated rings. The van der Waals surface area contributed by atoms with Crippen LogP contribution in [-0.2, 0) is 6.61 Å². The molecule has 0 amide bonds. The monoisotopic (exact) mass is 302 g/mol. The van der Waals surface area contributed by atoms with Crippen molar-refractivity contribution in [1.82, 2.24) is 0 Å². The zero-order chi connectivity index (χ0) is 15.6. The Morgan fingerprint density at radius 3 is 2.91 bits per heavy atom. The fourth-order valence-corrected chi connectivity index (χ4v) is 3.04. The lowest BCUT2D eigenvalue weighted by Crippen LogP contribution is -2.33. The van der Waals surface area contributed by atoms with Gasteiger partial charge in [-0.1, -0.05) is 42.5 Å². The van der Waals surface area contributed by atoms with Gasteiger partial charge in [0.05, 0.1) is 23.7 Å². The molecule has 2 aromatic carbocycles. The number of allylic oxidation sites excluding steroid dienone is 4. The molecule has 0 aromatic heterocycles. The highest BCUT2D eigenvalue weighted by Gasteiger charge is 2.23. The fraction of sp³-hybridized carbons (Fsp3) is 0.100. The summed E-state index contributed by atoms with van der Waals surface area (Å²) in [7, 11) is 0. The Kier molecular flexibility index (Phi) is 3.48. The zero-order valence-corrected chi connectivity index (χ0v) is 12.7. The molecule has 4 rings (SSSR count). The van der Waals surface area contributed by atoms with Gasteiger partial charge in [-0.25, -0.2) is 0 Å². The number of aliphatic hydroxyl groups excluding tert-OH is 1. The molecule has 2 N–H and O–H groups in total. The third kappa shape index (κ3) is 2.56. The van der Waals surface area contributed by atoms with Crippen LogP contribution in [0.15, 0.2) is 78.0 Å². The van der Waals surface area contributed by atoms with E-state index in [0.717, 1.165) is 23.4 Å². The van der Waals surface area contributed by atoms with Gasteiger partial charge < -0.3 is 5.11 Å². The van der Waals surface area contributed by atoms with E-state index in [9.17, 15) is 5.11 Å². The van der Waals surface area contributed by atoms with Crippen molar-refractivity contribution in [2.45, 2.75) is 13.0 Å². The van der Waals surface area contributed by atoms with Gasteiger partial charge >= 0.3 is 0 Å². The Balaban J connectivity index is 1.77. The molecular weight excluding hydrogens is 284 g/mol. The van der Waals surface area contributed by atoms with Gasteiger partial charge in [-0.05, 0) is 47.9 Å². The van der Waals surface area contributed by atoms with E-state index in [1.165, 1.54) is 16.8 Å². The van der Waals surface area contributed by atoms with Crippen LogP contribution in [0.4, 0.5) is 11.4 Å². The number of para-hydroxylation sites is 1. The van der Waals surface area contributed by atoms with E-state index >= 15 is 0 Å². The number of hydrogen-bond acceptors (Lipinski definition) is 3. The van der Waals surface area contributed by atoms with E-state index in [0.29, 0.717) is 0 Å². The minimum Gasteiger partial charge on any atom is -0.392 e. The SMILES string of the molecule is OCc1cccc(NN2C3=CC=CCC3=Cc3ccccc32)c1. The summed E-state index contributed by atoms with van der Waals surface area (Å²) in [5.41, 5.74) is 10.2. The number of hydrazine groups is 1. The zero-order valence-electron chi connectivity index (χ0n) is 12.7. The molecule has 0 spiro atoms. The number of benzene rings is 2. The average Bonchev–Trinajstić information content (AvgIpc) is 2.61. The van der Waals surface area contributed by atoms with Crippen molar-refractivity contribution in [3.05, 3.63) is 89.2 Å². The van der Waals surface area contributed by atoms with Crippen LogP contribution < -0.4 is 10.4 Å². The summed E-state index contributed by atoms with van der Waals surface area (Å²) < 4.78 is 0. The highest BCUT2D eigenvalue weighted by Crippen LogP contribution is 2.37. The maximum absolute atomic E-state index is 9.34. The van der Waals surface area contributed by atoms with E-state index < -0.39 is 0 Å². The second-order valence-corrected chi connectivity index (χ2v) is 5.72. The smallest absolute Gasteiger partial charge is 0.0703 e. The molecule has 2 aromatic rings. The first-order valence-electron chi connectivity index (χ1n) is 7.78. The van der Waals surface area contributed by atoms with E-state index in [1.54, 1.807) is 0 Å². The number of anilines is 2. The minimum absolute atomic E-state index is 0.0443. The van der Waals surface area contributed by atoms with Crippen molar-refractivity contribution in [2.75, 3.05) is 10.4 Å². The van der Waals surface area contributed by atoms with Crippen molar-refractivity contribution in [3.8, 4) is 0 Å². The summed E-state index contributed by atoms with van der Waals surface area (Å²) in [6.45, 7) is 0.0443. The number of aliphatic hydroxyl groups is 1. The van der Waals surface area contributed by atoms with Crippen molar-refractivity contribution < 1.29 is 5.11 Å². The van der Waals surface area contributed by atoms with Gasteiger partial charge in [0, 0.05) is 5.56 Å². The molecule has 3 nitrogen and oxygen atoms in total. The van der Waals surface area contributed by atoms with Gasteiger partial charge in [-0.2, -0.15) is 0 Å². The summed E-state index contributed by atoms with van der Waals surface area (Å²) in [6, 6.07) is 16.2. The van der Waals surface area contributed by atoms with Crippen LogP contribution in [0.25, 0.3) is 6.08 Å². The second-order valence-electron chi connectivity index (χ2n) is 5.72. The molecule has 3 heteroatoms. The van der Waals surface area contributed by atoms with Gasteiger partial charge in [0.2, 0.25) is 0 Å². The highest BCUT2D eigenvalue weighted by atomic mass is 16.3. The lowest BCUT2D eigenvalue weighted by atomic mass is 9.95. The number of nitrogens with zero attached hydrogens (tertiary/aromatic N) is 1. The van der Waals surface area contributed by atoms with Crippen molar-refractivity contribution in [3.63, 3.8) is 0 Å².